The molecule has 2 aromatic rings. The Kier molecular flexibility index (Phi) is 6.04. The van der Waals surface area contributed by atoms with Crippen molar-refractivity contribution < 1.29 is 9.53 Å². The van der Waals surface area contributed by atoms with E-state index in [0.29, 0.717) is 6.42 Å². The number of carbonyl (C=O) groups is 1. The summed E-state index contributed by atoms with van der Waals surface area (Å²) >= 11 is 0. The minimum Gasteiger partial charge on any atom is -0.497 e. The van der Waals surface area contributed by atoms with E-state index >= 15 is 0 Å². The second-order valence-electron chi connectivity index (χ2n) is 7.53. The lowest BCUT2D eigenvalue weighted by Crippen LogP contribution is -2.41. The number of urea groups is 1. The van der Waals surface area contributed by atoms with Crippen molar-refractivity contribution in [3.8, 4) is 5.75 Å². The van der Waals surface area contributed by atoms with Crippen molar-refractivity contribution in [3.05, 3.63) is 59.7 Å². The molecular formula is C22H26N6O2. The van der Waals surface area contributed by atoms with Crippen LogP contribution < -0.4 is 10.1 Å². The monoisotopic (exact) mass is 406 g/mol. The molecule has 8 heteroatoms. The Hall–Kier alpha value is -3.26. The fourth-order valence-electron chi connectivity index (χ4n) is 3.53. The van der Waals surface area contributed by atoms with Crippen LogP contribution in [0.2, 0.25) is 0 Å². The molecule has 4 rings (SSSR count). The summed E-state index contributed by atoms with van der Waals surface area (Å²) in [5.74, 6) is 0.788. The maximum absolute atomic E-state index is 12.2. The standard InChI is InChI=1S/C22H26N6O2/c1-27-11-13-28(14-12-27)26-25-18-7-3-16(4-8-18)20-15-21(24-22(29)23-20)17-5-9-19(30-2)10-6-17/h3-10,21H,11-15H2,1-2H3,(H,24,29). The number of hydrogen-bond acceptors (Lipinski definition) is 5. The van der Waals surface area contributed by atoms with Crippen molar-refractivity contribution in [2.75, 3.05) is 40.3 Å². The van der Waals surface area contributed by atoms with Crippen LogP contribution in [0.1, 0.15) is 23.6 Å². The van der Waals surface area contributed by atoms with E-state index in [0.717, 1.165) is 54.5 Å². The fourth-order valence-corrected chi connectivity index (χ4v) is 3.53. The number of nitrogens with one attached hydrogen (secondary N) is 1. The van der Waals surface area contributed by atoms with Gasteiger partial charge in [-0.15, -0.1) is 5.11 Å². The van der Waals surface area contributed by atoms with Gasteiger partial charge in [-0.25, -0.2) is 4.79 Å². The number of piperazine rings is 1. The summed E-state index contributed by atoms with van der Waals surface area (Å²) in [6.07, 6.45) is 0.625. The van der Waals surface area contributed by atoms with Gasteiger partial charge < -0.3 is 15.0 Å². The van der Waals surface area contributed by atoms with E-state index in [4.69, 9.17) is 4.74 Å². The van der Waals surface area contributed by atoms with Crippen LogP contribution in [0.25, 0.3) is 0 Å². The highest BCUT2D eigenvalue weighted by Gasteiger charge is 2.23. The number of carbonyl (C=O) groups excluding carboxylic acids is 1. The van der Waals surface area contributed by atoms with Crippen molar-refractivity contribution in [1.29, 1.82) is 0 Å². The zero-order chi connectivity index (χ0) is 20.9. The second-order valence-corrected chi connectivity index (χ2v) is 7.53. The zero-order valence-corrected chi connectivity index (χ0v) is 17.3. The first-order valence-electron chi connectivity index (χ1n) is 10.1. The van der Waals surface area contributed by atoms with Crippen LogP contribution in [-0.2, 0) is 0 Å². The molecule has 2 heterocycles. The summed E-state index contributed by atoms with van der Waals surface area (Å²) in [7, 11) is 3.75. The molecule has 2 aliphatic rings. The highest BCUT2D eigenvalue weighted by molar-refractivity contribution is 6.08. The molecule has 0 radical (unpaired) electrons. The molecule has 0 saturated carbocycles. The van der Waals surface area contributed by atoms with Crippen LogP contribution in [0.3, 0.4) is 0 Å². The lowest BCUT2D eigenvalue weighted by Gasteiger charge is -2.29. The minimum absolute atomic E-state index is 0.118. The minimum atomic E-state index is -0.323. The molecule has 0 bridgehead atoms. The topological polar surface area (TPSA) is 81.9 Å². The number of nitrogens with zero attached hydrogens (tertiary/aromatic N) is 5. The fraction of sp³-hybridized carbons (Fsp3) is 0.364. The Bertz CT molecular complexity index is 931. The van der Waals surface area contributed by atoms with Gasteiger partial charge in [-0.1, -0.05) is 29.5 Å². The molecule has 2 aliphatic heterocycles. The number of methoxy groups -OCH3 is 1. The molecule has 2 aromatic carbocycles. The average molecular weight is 406 g/mol. The SMILES string of the molecule is COc1ccc(C2CC(c3ccc(N=NN4CCN(C)CC4)cc3)=NC(=O)N2)cc1. The molecule has 2 amide bonds. The van der Waals surface area contributed by atoms with Gasteiger partial charge in [0.05, 0.1) is 37.6 Å². The first-order chi connectivity index (χ1) is 14.6. The van der Waals surface area contributed by atoms with Gasteiger partial charge in [0, 0.05) is 19.5 Å². The summed E-state index contributed by atoms with van der Waals surface area (Å²) in [6.45, 7) is 3.76. The summed E-state index contributed by atoms with van der Waals surface area (Å²) in [4.78, 5) is 18.6. The van der Waals surface area contributed by atoms with Crippen LogP contribution in [0, 0.1) is 0 Å². The largest absolute Gasteiger partial charge is 0.497 e. The Morgan fingerprint density at radius 2 is 1.73 bits per heavy atom. The number of benzene rings is 2. The van der Waals surface area contributed by atoms with Gasteiger partial charge in [0.25, 0.3) is 0 Å². The molecular weight excluding hydrogens is 380 g/mol. The summed E-state index contributed by atoms with van der Waals surface area (Å²) < 4.78 is 5.21. The Labute approximate surface area is 176 Å². The summed E-state index contributed by atoms with van der Waals surface area (Å²) in [5, 5.41) is 13.6. The van der Waals surface area contributed by atoms with Crippen molar-refractivity contribution >= 4 is 17.4 Å². The third-order valence-electron chi connectivity index (χ3n) is 5.42. The van der Waals surface area contributed by atoms with Gasteiger partial charge in [0.2, 0.25) is 0 Å². The average Bonchev–Trinajstić information content (AvgIpc) is 2.79. The molecule has 0 aliphatic carbocycles. The molecule has 30 heavy (non-hydrogen) atoms. The first-order valence-corrected chi connectivity index (χ1v) is 10.1. The molecule has 1 fully saturated rings. The van der Waals surface area contributed by atoms with Gasteiger partial charge in [-0.3, -0.25) is 5.01 Å². The number of likely N-dealkylation sites (N-methyl/N-ethyl adjacent to an activating group) is 1. The van der Waals surface area contributed by atoms with Gasteiger partial charge in [0.15, 0.2) is 0 Å². The number of aliphatic imine (C=N–C) groups is 1. The first kappa shape index (κ1) is 20.0. The van der Waals surface area contributed by atoms with Crippen LogP contribution in [0.15, 0.2) is 63.9 Å². The van der Waals surface area contributed by atoms with E-state index in [1.165, 1.54) is 0 Å². The molecule has 156 valence electrons. The smallest absolute Gasteiger partial charge is 0.341 e. The molecule has 0 spiro atoms. The summed E-state index contributed by atoms with van der Waals surface area (Å²) in [6, 6.07) is 15.0. The lowest BCUT2D eigenvalue weighted by atomic mass is 9.96. The molecule has 1 saturated heterocycles. The second kappa shape index (κ2) is 9.04. The van der Waals surface area contributed by atoms with Crippen molar-refractivity contribution in [2.45, 2.75) is 12.5 Å². The number of rotatable bonds is 5. The summed E-state index contributed by atoms with van der Waals surface area (Å²) in [5.41, 5.74) is 3.49. The molecule has 1 atom stereocenters. The predicted molar refractivity (Wildman–Crippen MR) is 115 cm³/mol. The van der Waals surface area contributed by atoms with Gasteiger partial charge in [0.1, 0.15) is 5.75 Å². The van der Waals surface area contributed by atoms with Gasteiger partial charge in [-0.05, 0) is 42.4 Å². The molecule has 8 nitrogen and oxygen atoms in total. The highest BCUT2D eigenvalue weighted by Crippen LogP contribution is 2.26. The quantitative estimate of drug-likeness (QED) is 0.770. The highest BCUT2D eigenvalue weighted by atomic mass is 16.5. The van der Waals surface area contributed by atoms with Crippen molar-refractivity contribution in [1.82, 2.24) is 15.2 Å². The maximum atomic E-state index is 12.2. The third-order valence-corrected chi connectivity index (χ3v) is 5.42. The predicted octanol–water partition coefficient (Wildman–Crippen LogP) is 3.59. The van der Waals surface area contributed by atoms with Crippen LogP contribution in [-0.4, -0.2) is 62.0 Å². The van der Waals surface area contributed by atoms with E-state index in [1.807, 2.05) is 53.5 Å². The molecule has 1 unspecified atom stereocenters. The maximum Gasteiger partial charge on any atom is 0.341 e. The van der Waals surface area contributed by atoms with E-state index in [2.05, 4.69) is 32.6 Å². The van der Waals surface area contributed by atoms with E-state index in [9.17, 15) is 4.79 Å². The van der Waals surface area contributed by atoms with Crippen LogP contribution in [0.5, 0.6) is 5.75 Å². The van der Waals surface area contributed by atoms with Crippen LogP contribution >= 0.6 is 0 Å². The molecule has 1 N–H and O–H groups in total. The van der Waals surface area contributed by atoms with Crippen molar-refractivity contribution in [3.63, 3.8) is 0 Å². The van der Waals surface area contributed by atoms with Crippen LogP contribution in [0.4, 0.5) is 10.5 Å². The van der Waals surface area contributed by atoms with E-state index in [-0.39, 0.29) is 12.1 Å². The number of ether oxygens (including phenoxy) is 1. The Morgan fingerprint density at radius 3 is 2.40 bits per heavy atom. The normalized spacial score (nSPS) is 20.2. The third kappa shape index (κ3) is 4.83. The van der Waals surface area contributed by atoms with Gasteiger partial charge in [-0.2, -0.15) is 4.99 Å². The zero-order valence-electron chi connectivity index (χ0n) is 17.3. The Balaban J connectivity index is 1.43. The van der Waals surface area contributed by atoms with Crippen molar-refractivity contribution in [2.24, 2.45) is 15.3 Å². The van der Waals surface area contributed by atoms with E-state index < -0.39 is 0 Å². The molecule has 0 aromatic heterocycles. The van der Waals surface area contributed by atoms with E-state index in [1.54, 1.807) is 7.11 Å². The lowest BCUT2D eigenvalue weighted by molar-refractivity contribution is 0.150. The van der Waals surface area contributed by atoms with Gasteiger partial charge >= 0.3 is 6.03 Å². The Morgan fingerprint density at radius 1 is 1.03 bits per heavy atom. The number of amides is 2. The number of hydrogen-bond donors (Lipinski definition) is 1.